The summed E-state index contributed by atoms with van der Waals surface area (Å²) in [5.74, 6) is 0.578. The number of carbonyl (C=O) groups excluding carboxylic acids is 1. The van der Waals surface area contributed by atoms with Crippen molar-refractivity contribution in [3.63, 3.8) is 0 Å². The van der Waals surface area contributed by atoms with Crippen LogP contribution in [0.2, 0.25) is 0 Å². The number of rotatable bonds is 2. The monoisotopic (exact) mass is 312 g/mol. The lowest BCUT2D eigenvalue weighted by Gasteiger charge is -2.03. The van der Waals surface area contributed by atoms with E-state index in [1.165, 1.54) is 0 Å². The van der Waals surface area contributed by atoms with Crippen LogP contribution in [0.5, 0.6) is 0 Å². The Morgan fingerprint density at radius 2 is 2.07 bits per heavy atom. The zero-order valence-electron chi connectivity index (χ0n) is 7.90. The first-order valence-electron chi connectivity index (χ1n) is 4.51. The highest BCUT2D eigenvalue weighted by Gasteiger charge is 2.01. The van der Waals surface area contributed by atoms with Gasteiger partial charge in [-0.1, -0.05) is 40.8 Å². The Hall–Kier alpha value is -1.17. The first-order valence-corrected chi connectivity index (χ1v) is 6.04. The molecule has 1 heterocycles. The van der Waals surface area contributed by atoms with E-state index in [-0.39, 0.29) is 5.91 Å². The van der Waals surface area contributed by atoms with Crippen LogP contribution in [0.4, 0.5) is 5.82 Å². The van der Waals surface area contributed by atoms with Crippen molar-refractivity contribution >= 4 is 45.2 Å². The molecule has 0 aliphatic carbocycles. The van der Waals surface area contributed by atoms with E-state index in [4.69, 9.17) is 0 Å². The highest BCUT2D eigenvalue weighted by atomic mass is 127. The molecule has 3 nitrogen and oxygen atoms in total. The van der Waals surface area contributed by atoms with Crippen LogP contribution in [-0.4, -0.2) is 15.3 Å². The molecular formula is C11H9IN2O. The molecule has 76 valence electrons. The van der Waals surface area contributed by atoms with Crippen LogP contribution in [0.25, 0.3) is 10.9 Å². The topological polar surface area (TPSA) is 42.0 Å². The maximum atomic E-state index is 11.2. The molecule has 0 spiro atoms. The van der Waals surface area contributed by atoms with Crippen LogP contribution in [0.1, 0.15) is 0 Å². The van der Waals surface area contributed by atoms with E-state index in [9.17, 15) is 4.79 Å². The van der Waals surface area contributed by atoms with Gasteiger partial charge in [0.15, 0.2) is 0 Å². The van der Waals surface area contributed by atoms with Gasteiger partial charge in [-0.25, -0.2) is 4.98 Å². The number of carbonyl (C=O) groups is 1. The normalized spacial score (nSPS) is 10.2. The summed E-state index contributed by atoms with van der Waals surface area (Å²) in [6.45, 7) is 0. The van der Waals surface area contributed by atoms with Crippen molar-refractivity contribution < 1.29 is 4.79 Å². The molecule has 0 unspecified atom stereocenters. The number of pyridine rings is 1. The van der Waals surface area contributed by atoms with Crippen LogP contribution >= 0.6 is 22.6 Å². The molecule has 0 aliphatic rings. The molecule has 0 radical (unpaired) electrons. The quantitative estimate of drug-likeness (QED) is 0.684. The number of nitrogens with one attached hydrogen (secondary N) is 1. The third kappa shape index (κ3) is 2.44. The fraction of sp³-hybridized carbons (Fsp3) is 0.0909. The average molecular weight is 312 g/mol. The third-order valence-electron chi connectivity index (χ3n) is 1.99. The van der Waals surface area contributed by atoms with Crippen molar-refractivity contribution in [3.05, 3.63) is 36.4 Å². The largest absolute Gasteiger partial charge is 0.310 e. The molecule has 0 bridgehead atoms. The highest BCUT2D eigenvalue weighted by Crippen LogP contribution is 2.14. The number of para-hydroxylation sites is 1. The van der Waals surface area contributed by atoms with Crippen molar-refractivity contribution in [1.29, 1.82) is 0 Å². The molecular weight excluding hydrogens is 303 g/mol. The smallest absolute Gasteiger partial charge is 0.235 e. The van der Waals surface area contributed by atoms with Gasteiger partial charge in [0, 0.05) is 5.39 Å². The van der Waals surface area contributed by atoms with E-state index in [0.29, 0.717) is 10.2 Å². The van der Waals surface area contributed by atoms with Crippen molar-refractivity contribution in [2.24, 2.45) is 0 Å². The van der Waals surface area contributed by atoms with Crippen LogP contribution < -0.4 is 5.32 Å². The number of anilines is 1. The van der Waals surface area contributed by atoms with Gasteiger partial charge in [0.2, 0.25) is 5.91 Å². The zero-order valence-corrected chi connectivity index (χ0v) is 10.1. The van der Waals surface area contributed by atoms with E-state index in [1.807, 2.05) is 59.0 Å². The second-order valence-electron chi connectivity index (χ2n) is 3.07. The van der Waals surface area contributed by atoms with Crippen molar-refractivity contribution in [3.8, 4) is 0 Å². The van der Waals surface area contributed by atoms with Gasteiger partial charge in [-0.2, -0.15) is 0 Å². The van der Waals surface area contributed by atoms with Crippen LogP contribution in [0.3, 0.4) is 0 Å². The summed E-state index contributed by atoms with van der Waals surface area (Å²) in [5.41, 5.74) is 0.892. The molecule has 2 rings (SSSR count). The first-order chi connectivity index (χ1) is 7.29. The number of benzene rings is 1. The molecule has 0 fully saturated rings. The summed E-state index contributed by atoms with van der Waals surface area (Å²) in [4.78, 5) is 15.5. The molecule has 0 saturated carbocycles. The van der Waals surface area contributed by atoms with E-state index >= 15 is 0 Å². The Balaban J connectivity index is 2.34. The van der Waals surface area contributed by atoms with Gasteiger partial charge in [0.1, 0.15) is 5.82 Å². The van der Waals surface area contributed by atoms with Gasteiger partial charge in [0.05, 0.1) is 9.94 Å². The Bertz CT molecular complexity index is 499. The van der Waals surface area contributed by atoms with Crippen LogP contribution in [0, 0.1) is 0 Å². The van der Waals surface area contributed by atoms with Gasteiger partial charge < -0.3 is 5.32 Å². The standard InChI is InChI=1S/C11H9IN2O/c12-7-11(15)14-10-6-5-8-3-1-2-4-9(8)13-10/h1-6H,7H2,(H,13,14,15). The van der Waals surface area contributed by atoms with Crippen molar-refractivity contribution in [2.45, 2.75) is 0 Å². The number of hydrogen-bond donors (Lipinski definition) is 1. The second-order valence-corrected chi connectivity index (χ2v) is 3.83. The fourth-order valence-corrected chi connectivity index (χ4v) is 1.50. The molecule has 1 N–H and O–H groups in total. The maximum absolute atomic E-state index is 11.2. The van der Waals surface area contributed by atoms with Crippen LogP contribution in [-0.2, 0) is 4.79 Å². The molecule has 2 aromatic rings. The number of alkyl halides is 1. The summed E-state index contributed by atoms with van der Waals surface area (Å²) in [5, 5.41) is 3.80. The lowest BCUT2D eigenvalue weighted by Crippen LogP contribution is -2.13. The van der Waals surface area contributed by atoms with Crippen molar-refractivity contribution in [2.75, 3.05) is 9.74 Å². The number of fused-ring (bicyclic) bond motifs is 1. The van der Waals surface area contributed by atoms with Gasteiger partial charge in [-0.3, -0.25) is 4.79 Å². The van der Waals surface area contributed by atoms with E-state index in [2.05, 4.69) is 10.3 Å². The molecule has 0 aliphatic heterocycles. The van der Waals surface area contributed by atoms with Gasteiger partial charge in [-0.15, -0.1) is 0 Å². The number of hydrogen-bond acceptors (Lipinski definition) is 2. The summed E-state index contributed by atoms with van der Waals surface area (Å²) >= 11 is 2.02. The molecule has 4 heteroatoms. The van der Waals surface area contributed by atoms with E-state index in [0.717, 1.165) is 10.9 Å². The zero-order chi connectivity index (χ0) is 10.7. The third-order valence-corrected chi connectivity index (χ3v) is 2.68. The number of aromatic nitrogens is 1. The maximum Gasteiger partial charge on any atom is 0.235 e. The van der Waals surface area contributed by atoms with Gasteiger partial charge in [0.25, 0.3) is 0 Å². The predicted octanol–water partition coefficient (Wildman–Crippen LogP) is 2.61. The molecule has 1 aromatic carbocycles. The minimum Gasteiger partial charge on any atom is -0.310 e. The average Bonchev–Trinajstić information content (AvgIpc) is 2.29. The molecule has 0 saturated heterocycles. The molecule has 0 atom stereocenters. The number of halogens is 1. The molecule has 1 aromatic heterocycles. The summed E-state index contributed by atoms with van der Waals surface area (Å²) in [7, 11) is 0. The Morgan fingerprint density at radius 1 is 1.27 bits per heavy atom. The highest BCUT2D eigenvalue weighted by molar-refractivity contribution is 14.1. The number of nitrogens with zero attached hydrogens (tertiary/aromatic N) is 1. The second kappa shape index (κ2) is 4.57. The summed E-state index contributed by atoms with van der Waals surface area (Å²) in [6.07, 6.45) is 0. The SMILES string of the molecule is O=C(CI)Nc1ccc2ccccc2n1. The number of amides is 1. The fourth-order valence-electron chi connectivity index (χ4n) is 1.31. The lowest BCUT2D eigenvalue weighted by atomic mass is 10.2. The Morgan fingerprint density at radius 3 is 2.87 bits per heavy atom. The minimum absolute atomic E-state index is 0.0293. The molecule has 1 amide bonds. The Labute approximate surface area is 101 Å². The van der Waals surface area contributed by atoms with E-state index in [1.54, 1.807) is 0 Å². The summed E-state index contributed by atoms with van der Waals surface area (Å²) < 4.78 is 0.437. The molecule has 15 heavy (non-hydrogen) atoms. The predicted molar refractivity (Wildman–Crippen MR) is 69.3 cm³/mol. The Kier molecular flexibility index (Phi) is 3.15. The summed E-state index contributed by atoms with van der Waals surface area (Å²) in [6, 6.07) is 11.6. The van der Waals surface area contributed by atoms with Crippen molar-refractivity contribution in [1.82, 2.24) is 4.98 Å². The van der Waals surface area contributed by atoms with E-state index < -0.39 is 0 Å². The van der Waals surface area contributed by atoms with Gasteiger partial charge >= 0.3 is 0 Å². The lowest BCUT2D eigenvalue weighted by molar-refractivity contribution is -0.113. The van der Waals surface area contributed by atoms with Gasteiger partial charge in [-0.05, 0) is 18.2 Å². The van der Waals surface area contributed by atoms with Crippen LogP contribution in [0.15, 0.2) is 36.4 Å². The minimum atomic E-state index is -0.0293. The first kappa shape index (κ1) is 10.4.